The number of nitrogens with one attached hydrogen (secondary N) is 2. The Balaban J connectivity index is 0.000000186. The topological polar surface area (TPSA) is 252 Å². The highest BCUT2D eigenvalue weighted by Crippen LogP contribution is 2.32. The van der Waals surface area contributed by atoms with Gasteiger partial charge in [0, 0.05) is 59.5 Å². The zero-order chi connectivity index (χ0) is 53.9. The number of halogens is 4. The van der Waals surface area contributed by atoms with Gasteiger partial charge in [0.2, 0.25) is 23.6 Å². The summed E-state index contributed by atoms with van der Waals surface area (Å²) in [6, 6.07) is 19.2. The van der Waals surface area contributed by atoms with Crippen molar-refractivity contribution in [3.05, 3.63) is 130 Å². The molecule has 0 unspecified atom stereocenters. The van der Waals surface area contributed by atoms with Crippen LogP contribution in [0.2, 0.25) is 0 Å². The number of aromatic nitrogens is 10. The molecular weight excluding hydrogens is 1110 g/mol. The maximum absolute atomic E-state index is 14.4. The first-order valence-corrected chi connectivity index (χ1v) is 25.7. The number of aryl methyl sites for hydroxylation is 2. The molecule has 76 heavy (non-hydrogen) atoms. The molecule has 24 heteroatoms. The largest absolute Gasteiger partial charge is 0.387 e. The van der Waals surface area contributed by atoms with Crippen molar-refractivity contribution in [2.45, 2.75) is 90.3 Å². The van der Waals surface area contributed by atoms with Crippen LogP contribution in [-0.2, 0) is 32.3 Å². The van der Waals surface area contributed by atoms with Crippen molar-refractivity contribution in [3.8, 4) is 22.3 Å². The molecule has 2 fully saturated rings. The maximum Gasteiger partial charge on any atom is 0.248 e. The molecule has 6 aromatic heterocycles. The number of rotatable bonds is 12. The lowest BCUT2D eigenvalue weighted by Crippen LogP contribution is -2.44. The molecule has 4 N–H and O–H groups in total. The monoisotopic (exact) mass is 1160 g/mol. The number of fused-ring (bicyclic) bond motifs is 2. The van der Waals surface area contributed by atoms with Gasteiger partial charge in [-0.2, -0.15) is 10.2 Å². The van der Waals surface area contributed by atoms with Crippen molar-refractivity contribution in [1.82, 2.24) is 59.3 Å². The smallest absolute Gasteiger partial charge is 0.248 e. The number of hydrogen-bond acceptors (Lipinski definition) is 14. The predicted molar refractivity (Wildman–Crippen MR) is 283 cm³/mol. The fourth-order valence-electron chi connectivity index (χ4n) is 9.14. The average Bonchev–Trinajstić information content (AvgIpc) is 4.18. The molecule has 6 atom stereocenters. The van der Waals surface area contributed by atoms with Crippen LogP contribution in [0.4, 0.5) is 20.4 Å². The zero-order valence-electron chi connectivity index (χ0n) is 41.4. The van der Waals surface area contributed by atoms with E-state index in [4.69, 9.17) is 0 Å². The van der Waals surface area contributed by atoms with Gasteiger partial charge in [0.15, 0.2) is 0 Å². The summed E-state index contributed by atoms with van der Waals surface area (Å²) in [6.07, 6.45) is 2.22. The highest BCUT2D eigenvalue weighted by atomic mass is 79.9. The number of carbonyl (C=O) groups is 4. The van der Waals surface area contributed by atoms with E-state index in [1.54, 1.807) is 88.9 Å². The first kappa shape index (κ1) is 53.3. The van der Waals surface area contributed by atoms with Gasteiger partial charge in [-0.25, -0.2) is 38.7 Å². The highest BCUT2D eigenvalue weighted by Gasteiger charge is 2.41. The number of alkyl halides is 2. The van der Waals surface area contributed by atoms with Crippen molar-refractivity contribution < 1.29 is 38.2 Å². The third-order valence-electron chi connectivity index (χ3n) is 12.8. The van der Waals surface area contributed by atoms with Gasteiger partial charge in [0.25, 0.3) is 0 Å². The van der Waals surface area contributed by atoms with Crippen molar-refractivity contribution >= 4 is 88.9 Å². The number of aliphatic hydroxyl groups is 2. The third-order valence-corrected chi connectivity index (χ3v) is 13.7. The molecule has 8 heterocycles. The van der Waals surface area contributed by atoms with Crippen LogP contribution >= 0.6 is 31.9 Å². The first-order chi connectivity index (χ1) is 36.4. The van der Waals surface area contributed by atoms with E-state index in [2.05, 4.69) is 82.6 Å². The molecule has 2 aliphatic rings. The Hall–Kier alpha value is -7.54. The maximum atomic E-state index is 14.4. The Labute approximate surface area is 450 Å². The van der Waals surface area contributed by atoms with Gasteiger partial charge in [0.05, 0.1) is 47.7 Å². The first-order valence-electron chi connectivity index (χ1n) is 24.1. The summed E-state index contributed by atoms with van der Waals surface area (Å²) in [6.45, 7) is 5.98. The summed E-state index contributed by atoms with van der Waals surface area (Å²) in [5, 5.41) is 36.4. The van der Waals surface area contributed by atoms with Crippen LogP contribution in [0.25, 0.3) is 44.1 Å². The summed E-state index contributed by atoms with van der Waals surface area (Å²) >= 11 is 6.50. The van der Waals surface area contributed by atoms with Crippen molar-refractivity contribution in [2.24, 2.45) is 0 Å². The van der Waals surface area contributed by atoms with E-state index in [-0.39, 0.29) is 39.0 Å². The minimum atomic E-state index is -1.33. The van der Waals surface area contributed by atoms with E-state index in [1.165, 1.54) is 19.2 Å². The molecule has 0 aliphatic carbocycles. The molecule has 20 nitrogen and oxygen atoms in total. The molecule has 0 bridgehead atoms. The third kappa shape index (κ3) is 11.9. The van der Waals surface area contributed by atoms with Crippen molar-refractivity contribution in [2.75, 3.05) is 23.7 Å². The normalized spacial score (nSPS) is 18.1. The van der Waals surface area contributed by atoms with Gasteiger partial charge in [-0.1, -0.05) is 24.3 Å². The Bertz CT molecular complexity index is 3240. The summed E-state index contributed by atoms with van der Waals surface area (Å²) in [7, 11) is 0. The van der Waals surface area contributed by atoms with Crippen LogP contribution in [0.5, 0.6) is 0 Å². The minimum absolute atomic E-state index is 0.105. The number of likely N-dealkylation sites (tertiary alicyclic amines) is 2. The number of anilines is 2. The van der Waals surface area contributed by atoms with E-state index in [1.807, 2.05) is 36.4 Å². The van der Waals surface area contributed by atoms with Crippen LogP contribution in [0.3, 0.4) is 0 Å². The van der Waals surface area contributed by atoms with Crippen LogP contribution in [-0.4, -0.2) is 131 Å². The fraction of sp³-hybridized carbons (Fsp3) is 0.308. The predicted octanol–water partition coefficient (Wildman–Crippen LogP) is 7.18. The fourth-order valence-corrected chi connectivity index (χ4v) is 9.83. The standard InChI is InChI=1S/2C26H25BrFN7O3/c2*1-14(36)25-19-8-16(17-10-29-15(2)30-11-17)6-7-20(19)35(33-25)13-24(37)34-12-18(28)9-21(34)26(38)32-23-5-3-4-22(27)31-23/h2*3-8,10-11,14,18,21,36H,9,12-13H2,1-2H3,(H,31,32,38)/t14-,18+,21-;14-,18-,21+/m01/s1. The summed E-state index contributed by atoms with van der Waals surface area (Å²) in [5.41, 5.74) is 5.34. The summed E-state index contributed by atoms with van der Waals surface area (Å²) in [4.78, 5) is 80.4. The molecule has 0 radical (unpaired) electrons. The molecule has 0 saturated carbocycles. The number of amides is 4. The quantitative estimate of drug-likeness (QED) is 0.0885. The van der Waals surface area contributed by atoms with Gasteiger partial charge in [-0.05, 0) is 119 Å². The van der Waals surface area contributed by atoms with E-state index in [0.29, 0.717) is 65.7 Å². The average molecular weight is 1160 g/mol. The molecule has 392 valence electrons. The molecule has 4 amide bonds. The molecular formula is C52H50Br2F2N14O6. The van der Waals surface area contributed by atoms with Gasteiger partial charge < -0.3 is 30.6 Å². The second-order valence-electron chi connectivity index (χ2n) is 18.4. The number of carbonyl (C=O) groups excluding carboxylic acids is 4. The molecule has 2 saturated heterocycles. The highest BCUT2D eigenvalue weighted by molar-refractivity contribution is 9.10. The molecule has 8 aromatic rings. The van der Waals surface area contributed by atoms with Crippen LogP contribution in [0.15, 0.2) is 107 Å². The van der Waals surface area contributed by atoms with Crippen LogP contribution < -0.4 is 10.6 Å². The van der Waals surface area contributed by atoms with Crippen molar-refractivity contribution in [1.29, 1.82) is 0 Å². The molecule has 0 spiro atoms. The SMILES string of the molecule is Cc1ncc(-c2ccc3c(c2)c([C@@H](C)O)nn3CC(=O)N2C[C@H](F)C[C@H]2C(=O)Nc2cccc(Br)n2)cn1.Cc1ncc(-c2ccc3c(c2)c([C@H](C)O)nn3CC(=O)N2C[C@H](F)C[C@H]2C(=O)Nc2cccc(Br)n2)cn1. The zero-order valence-corrected chi connectivity index (χ0v) is 44.5. The number of nitrogens with zero attached hydrogens (tertiary/aromatic N) is 12. The lowest BCUT2D eigenvalue weighted by Gasteiger charge is -2.23. The number of pyridine rings is 2. The lowest BCUT2D eigenvalue weighted by molar-refractivity contribution is -0.137. The van der Waals surface area contributed by atoms with Gasteiger partial charge in [-0.15, -0.1) is 0 Å². The van der Waals surface area contributed by atoms with Gasteiger partial charge in [0.1, 0.15) is 70.0 Å². The Kier molecular flexibility index (Phi) is 15.9. The van der Waals surface area contributed by atoms with E-state index in [0.717, 1.165) is 22.3 Å². The second-order valence-corrected chi connectivity index (χ2v) is 20.0. The van der Waals surface area contributed by atoms with Gasteiger partial charge in [-0.3, -0.25) is 28.5 Å². The molecule has 2 aromatic carbocycles. The Morgan fingerprint density at radius 1 is 0.605 bits per heavy atom. The van der Waals surface area contributed by atoms with E-state index < -0.39 is 60.3 Å². The minimum Gasteiger partial charge on any atom is -0.387 e. The van der Waals surface area contributed by atoms with E-state index in [9.17, 15) is 38.2 Å². The summed E-state index contributed by atoms with van der Waals surface area (Å²) < 4.78 is 32.9. The number of hydrogen-bond donors (Lipinski definition) is 4. The van der Waals surface area contributed by atoms with E-state index >= 15 is 0 Å². The molecule has 2 aliphatic heterocycles. The van der Waals surface area contributed by atoms with Crippen molar-refractivity contribution in [3.63, 3.8) is 0 Å². The van der Waals surface area contributed by atoms with Gasteiger partial charge >= 0.3 is 0 Å². The molecule has 10 rings (SSSR count). The van der Waals surface area contributed by atoms with Crippen LogP contribution in [0, 0.1) is 13.8 Å². The lowest BCUT2D eigenvalue weighted by atomic mass is 10.0. The number of aliphatic hydroxyl groups excluding tert-OH is 2. The summed E-state index contributed by atoms with van der Waals surface area (Å²) in [5.74, 6) is -0.0171. The Morgan fingerprint density at radius 2 is 0.987 bits per heavy atom. The van der Waals surface area contributed by atoms with Crippen LogP contribution in [0.1, 0.15) is 61.9 Å². The number of benzene rings is 2. The second kappa shape index (κ2) is 22.7. The Morgan fingerprint density at radius 3 is 1.34 bits per heavy atom.